The molecule has 0 spiro atoms. The van der Waals surface area contributed by atoms with Gasteiger partial charge >= 0.3 is 5.97 Å². The lowest BCUT2D eigenvalue weighted by Crippen LogP contribution is -2.52. The zero-order valence-corrected chi connectivity index (χ0v) is 9.19. The van der Waals surface area contributed by atoms with Crippen LogP contribution in [-0.4, -0.2) is 23.7 Å². The molecule has 4 nitrogen and oxygen atoms in total. The summed E-state index contributed by atoms with van der Waals surface area (Å²) >= 11 is 0. The maximum atomic E-state index is 11.6. The van der Waals surface area contributed by atoms with Gasteiger partial charge in [-0.05, 0) is 30.0 Å². The Balaban J connectivity index is 2.36. The van der Waals surface area contributed by atoms with Crippen LogP contribution in [0.1, 0.15) is 17.5 Å². The number of hydrogen-bond acceptors (Lipinski definition) is 4. The number of hydrogen-bond donors (Lipinski definition) is 2. The van der Waals surface area contributed by atoms with E-state index in [1.165, 1.54) is 7.11 Å². The predicted molar refractivity (Wildman–Crippen MR) is 59.1 cm³/mol. The van der Waals surface area contributed by atoms with Crippen molar-refractivity contribution in [1.29, 1.82) is 0 Å². The summed E-state index contributed by atoms with van der Waals surface area (Å²) in [6.07, 6.45) is 1.58. The van der Waals surface area contributed by atoms with Crippen LogP contribution >= 0.6 is 0 Å². The summed E-state index contributed by atoms with van der Waals surface area (Å²) in [6, 6.07) is 5.36. The molecule has 1 aromatic carbocycles. The number of esters is 1. The summed E-state index contributed by atoms with van der Waals surface area (Å²) < 4.78 is 4.70. The fraction of sp³-hybridized carbons (Fsp3) is 0.417. The van der Waals surface area contributed by atoms with Gasteiger partial charge in [-0.3, -0.25) is 4.79 Å². The number of carbonyl (C=O) groups is 1. The molecule has 0 fully saturated rings. The van der Waals surface area contributed by atoms with Crippen LogP contribution in [0.3, 0.4) is 0 Å². The molecule has 2 rings (SSSR count). The number of benzene rings is 1. The molecule has 1 aliphatic carbocycles. The molecule has 0 aromatic heterocycles. The Morgan fingerprint density at radius 3 is 3.00 bits per heavy atom. The average molecular weight is 221 g/mol. The van der Waals surface area contributed by atoms with Gasteiger partial charge in [0.1, 0.15) is 11.3 Å². The molecule has 0 unspecified atom stereocenters. The van der Waals surface area contributed by atoms with Crippen LogP contribution in [0.2, 0.25) is 0 Å². The second kappa shape index (κ2) is 3.79. The molecule has 0 aliphatic heterocycles. The van der Waals surface area contributed by atoms with Crippen molar-refractivity contribution in [3.8, 4) is 5.75 Å². The number of fused-ring (bicyclic) bond motifs is 1. The number of nitrogens with two attached hydrogens (primary N) is 1. The van der Waals surface area contributed by atoms with Gasteiger partial charge < -0.3 is 15.6 Å². The summed E-state index contributed by atoms with van der Waals surface area (Å²) in [7, 11) is 1.33. The molecular formula is C12H15NO3. The van der Waals surface area contributed by atoms with E-state index in [1.54, 1.807) is 12.1 Å². The zero-order chi connectivity index (χ0) is 11.8. The first-order chi connectivity index (χ1) is 7.57. The van der Waals surface area contributed by atoms with Gasteiger partial charge in [0.15, 0.2) is 0 Å². The van der Waals surface area contributed by atoms with Gasteiger partial charge in [-0.2, -0.15) is 0 Å². The van der Waals surface area contributed by atoms with Crippen LogP contribution < -0.4 is 5.73 Å². The Labute approximate surface area is 94.0 Å². The van der Waals surface area contributed by atoms with E-state index in [0.717, 1.165) is 11.1 Å². The first kappa shape index (κ1) is 11.0. The van der Waals surface area contributed by atoms with Gasteiger partial charge in [0.05, 0.1) is 7.11 Å². The SMILES string of the molecule is COC(=O)[C@@]1(N)CCc2cccc(O)c2C1. The summed E-state index contributed by atoms with van der Waals surface area (Å²) in [4.78, 5) is 11.6. The third-order valence-corrected chi connectivity index (χ3v) is 3.17. The topological polar surface area (TPSA) is 72.5 Å². The molecule has 3 N–H and O–H groups in total. The molecule has 0 saturated heterocycles. The fourth-order valence-electron chi connectivity index (χ4n) is 2.20. The van der Waals surface area contributed by atoms with Crippen molar-refractivity contribution < 1.29 is 14.6 Å². The third kappa shape index (κ3) is 1.65. The van der Waals surface area contributed by atoms with E-state index in [1.807, 2.05) is 6.07 Å². The van der Waals surface area contributed by atoms with Crippen molar-refractivity contribution in [2.45, 2.75) is 24.8 Å². The maximum Gasteiger partial charge on any atom is 0.326 e. The Morgan fingerprint density at radius 2 is 2.31 bits per heavy atom. The van der Waals surface area contributed by atoms with E-state index in [9.17, 15) is 9.90 Å². The second-order valence-electron chi connectivity index (χ2n) is 4.24. The van der Waals surface area contributed by atoms with E-state index in [4.69, 9.17) is 10.5 Å². The minimum absolute atomic E-state index is 0.205. The third-order valence-electron chi connectivity index (χ3n) is 3.17. The van der Waals surface area contributed by atoms with Crippen molar-refractivity contribution in [1.82, 2.24) is 0 Å². The van der Waals surface area contributed by atoms with Crippen LogP contribution in [0.4, 0.5) is 0 Å². The summed E-state index contributed by atoms with van der Waals surface area (Å²) in [5.74, 6) is -0.211. The lowest BCUT2D eigenvalue weighted by molar-refractivity contribution is -0.147. The largest absolute Gasteiger partial charge is 0.508 e. The minimum atomic E-state index is -0.999. The van der Waals surface area contributed by atoms with E-state index in [-0.39, 0.29) is 5.75 Å². The molecule has 0 heterocycles. The van der Waals surface area contributed by atoms with Crippen molar-refractivity contribution in [2.24, 2.45) is 5.73 Å². The number of rotatable bonds is 1. The number of aryl methyl sites for hydroxylation is 1. The van der Waals surface area contributed by atoms with Crippen LogP contribution in [0.25, 0.3) is 0 Å². The molecule has 0 radical (unpaired) electrons. The minimum Gasteiger partial charge on any atom is -0.508 e. The lowest BCUT2D eigenvalue weighted by Gasteiger charge is -2.32. The second-order valence-corrected chi connectivity index (χ2v) is 4.24. The first-order valence-corrected chi connectivity index (χ1v) is 5.24. The highest BCUT2D eigenvalue weighted by molar-refractivity contribution is 5.81. The van der Waals surface area contributed by atoms with Crippen LogP contribution in [0, 0.1) is 0 Å². The van der Waals surface area contributed by atoms with Crippen LogP contribution in [0.5, 0.6) is 5.75 Å². The monoisotopic (exact) mass is 221 g/mol. The molecule has 1 aromatic rings. The van der Waals surface area contributed by atoms with Crippen LogP contribution in [-0.2, 0) is 22.4 Å². The van der Waals surface area contributed by atoms with Crippen molar-refractivity contribution in [3.63, 3.8) is 0 Å². The average Bonchev–Trinajstić information content (AvgIpc) is 2.29. The number of phenolic OH excluding ortho intramolecular Hbond substituents is 1. The lowest BCUT2D eigenvalue weighted by atomic mass is 9.78. The van der Waals surface area contributed by atoms with E-state index < -0.39 is 11.5 Å². The summed E-state index contributed by atoms with van der Waals surface area (Å²) in [5.41, 5.74) is 6.84. The molecule has 4 heteroatoms. The quantitative estimate of drug-likeness (QED) is 0.686. The Bertz CT molecular complexity index is 430. The highest BCUT2D eigenvalue weighted by atomic mass is 16.5. The van der Waals surface area contributed by atoms with Crippen LogP contribution in [0.15, 0.2) is 18.2 Å². The summed E-state index contributed by atoms with van der Waals surface area (Å²) in [6.45, 7) is 0. The Hall–Kier alpha value is -1.55. The van der Waals surface area contributed by atoms with Crippen molar-refractivity contribution >= 4 is 5.97 Å². The molecule has 16 heavy (non-hydrogen) atoms. The van der Waals surface area contributed by atoms with E-state index >= 15 is 0 Å². The number of ether oxygens (including phenoxy) is 1. The molecular weight excluding hydrogens is 206 g/mol. The first-order valence-electron chi connectivity index (χ1n) is 5.24. The van der Waals surface area contributed by atoms with E-state index in [2.05, 4.69) is 0 Å². The highest BCUT2D eigenvalue weighted by Gasteiger charge is 2.39. The molecule has 1 aliphatic rings. The zero-order valence-electron chi connectivity index (χ0n) is 9.19. The molecule has 0 bridgehead atoms. The Morgan fingerprint density at radius 1 is 1.56 bits per heavy atom. The van der Waals surface area contributed by atoms with Gasteiger partial charge in [0.2, 0.25) is 0 Å². The standard InChI is InChI=1S/C12H15NO3/c1-16-11(15)12(13)6-5-8-3-2-4-10(14)9(8)7-12/h2-4,14H,5-7,13H2,1H3/t12-/m1/s1. The van der Waals surface area contributed by atoms with Gasteiger partial charge in [-0.1, -0.05) is 12.1 Å². The fourth-order valence-corrected chi connectivity index (χ4v) is 2.20. The number of methoxy groups -OCH3 is 1. The molecule has 0 amide bonds. The number of phenols is 1. The van der Waals surface area contributed by atoms with Gasteiger partial charge in [0, 0.05) is 6.42 Å². The van der Waals surface area contributed by atoms with Gasteiger partial charge in [-0.15, -0.1) is 0 Å². The number of carbonyl (C=O) groups excluding carboxylic acids is 1. The number of aromatic hydroxyl groups is 1. The molecule has 1 atom stereocenters. The highest BCUT2D eigenvalue weighted by Crippen LogP contribution is 2.33. The van der Waals surface area contributed by atoms with Crippen molar-refractivity contribution in [2.75, 3.05) is 7.11 Å². The molecule has 86 valence electrons. The van der Waals surface area contributed by atoms with Gasteiger partial charge in [-0.25, -0.2) is 0 Å². The van der Waals surface area contributed by atoms with Gasteiger partial charge in [0.25, 0.3) is 0 Å². The molecule has 0 saturated carbocycles. The summed E-state index contributed by atoms with van der Waals surface area (Å²) in [5, 5.41) is 9.74. The normalized spacial score (nSPS) is 23.6. The Kier molecular flexibility index (Phi) is 2.59. The smallest absolute Gasteiger partial charge is 0.326 e. The predicted octanol–water partition coefficient (Wildman–Crippen LogP) is 0.751. The van der Waals surface area contributed by atoms with Crippen molar-refractivity contribution in [3.05, 3.63) is 29.3 Å². The van der Waals surface area contributed by atoms with E-state index in [0.29, 0.717) is 19.3 Å². The maximum absolute atomic E-state index is 11.6.